The molecule has 1 aromatic carbocycles. The number of ether oxygens (including phenoxy) is 3. The van der Waals surface area contributed by atoms with Crippen LogP contribution in [0, 0.1) is 0 Å². The number of thiocarbonyl (C=S) groups is 1. The van der Waals surface area contributed by atoms with Crippen molar-refractivity contribution in [1.82, 2.24) is 5.43 Å². The Balaban J connectivity index is 3.12. The zero-order valence-electron chi connectivity index (χ0n) is 10.4. The molecule has 0 saturated carbocycles. The molecule has 0 aromatic heterocycles. The Bertz CT molecular complexity index is 463. The molecule has 0 aliphatic carbocycles. The van der Waals surface area contributed by atoms with Crippen molar-refractivity contribution in [2.45, 2.75) is 0 Å². The maximum absolute atomic E-state index is 5.28. The fraction of sp³-hybridized carbons (Fsp3) is 0.273. The molecule has 0 bridgehead atoms. The van der Waals surface area contributed by atoms with Crippen LogP contribution in [-0.2, 0) is 0 Å². The molecule has 0 amide bonds. The third kappa shape index (κ3) is 3.24. The zero-order chi connectivity index (χ0) is 13.5. The van der Waals surface area contributed by atoms with E-state index in [9.17, 15) is 0 Å². The predicted molar refractivity (Wildman–Crippen MR) is 73.6 cm³/mol. The van der Waals surface area contributed by atoms with Crippen molar-refractivity contribution in [3.05, 3.63) is 17.7 Å². The quantitative estimate of drug-likeness (QED) is 0.469. The molecule has 0 aliphatic heterocycles. The first-order valence-corrected chi connectivity index (χ1v) is 5.42. The lowest BCUT2D eigenvalue weighted by Gasteiger charge is -2.13. The van der Waals surface area contributed by atoms with Gasteiger partial charge in [0, 0.05) is 5.56 Å². The molecular formula is C11H15N3O3S. The summed E-state index contributed by atoms with van der Waals surface area (Å²) in [4.78, 5) is 0. The van der Waals surface area contributed by atoms with Crippen LogP contribution in [0.1, 0.15) is 5.56 Å². The van der Waals surface area contributed by atoms with E-state index in [2.05, 4.69) is 22.7 Å². The van der Waals surface area contributed by atoms with Crippen molar-refractivity contribution < 1.29 is 14.2 Å². The molecule has 6 nitrogen and oxygen atoms in total. The minimum absolute atomic E-state index is 0.0886. The highest BCUT2D eigenvalue weighted by Crippen LogP contribution is 2.38. The Morgan fingerprint density at radius 1 is 1.22 bits per heavy atom. The van der Waals surface area contributed by atoms with Gasteiger partial charge in [0.15, 0.2) is 16.6 Å². The molecule has 3 N–H and O–H groups in total. The zero-order valence-corrected chi connectivity index (χ0v) is 11.2. The van der Waals surface area contributed by atoms with E-state index in [0.29, 0.717) is 22.8 Å². The number of hydrogen-bond acceptors (Lipinski definition) is 5. The van der Waals surface area contributed by atoms with E-state index in [1.54, 1.807) is 19.2 Å². The van der Waals surface area contributed by atoms with Gasteiger partial charge in [0.25, 0.3) is 0 Å². The number of nitrogens with two attached hydrogens (primary N) is 1. The van der Waals surface area contributed by atoms with Crippen LogP contribution < -0.4 is 25.4 Å². The van der Waals surface area contributed by atoms with Gasteiger partial charge in [-0.15, -0.1) is 0 Å². The molecule has 0 atom stereocenters. The van der Waals surface area contributed by atoms with Crippen LogP contribution in [0.4, 0.5) is 0 Å². The lowest BCUT2D eigenvalue weighted by Crippen LogP contribution is -2.24. The van der Waals surface area contributed by atoms with Crippen LogP contribution in [0.25, 0.3) is 0 Å². The topological polar surface area (TPSA) is 78.1 Å². The van der Waals surface area contributed by atoms with Crippen molar-refractivity contribution in [3.63, 3.8) is 0 Å². The van der Waals surface area contributed by atoms with Gasteiger partial charge in [-0.1, -0.05) is 0 Å². The van der Waals surface area contributed by atoms with E-state index in [1.807, 2.05) is 0 Å². The van der Waals surface area contributed by atoms with Gasteiger partial charge in [-0.2, -0.15) is 5.10 Å². The van der Waals surface area contributed by atoms with E-state index >= 15 is 0 Å². The first kappa shape index (κ1) is 14.0. The molecule has 0 radical (unpaired) electrons. The van der Waals surface area contributed by atoms with E-state index in [1.165, 1.54) is 20.4 Å². The summed E-state index contributed by atoms with van der Waals surface area (Å²) < 4.78 is 15.7. The second kappa shape index (κ2) is 6.65. The lowest BCUT2D eigenvalue weighted by atomic mass is 10.2. The van der Waals surface area contributed by atoms with E-state index in [0.717, 1.165) is 0 Å². The largest absolute Gasteiger partial charge is 0.493 e. The van der Waals surface area contributed by atoms with Gasteiger partial charge in [0.2, 0.25) is 5.75 Å². The summed E-state index contributed by atoms with van der Waals surface area (Å²) in [6.45, 7) is 0. The Morgan fingerprint density at radius 2 is 1.89 bits per heavy atom. The van der Waals surface area contributed by atoms with Crippen LogP contribution >= 0.6 is 12.2 Å². The summed E-state index contributed by atoms with van der Waals surface area (Å²) in [7, 11) is 4.63. The number of hydrogen-bond donors (Lipinski definition) is 2. The molecular weight excluding hydrogens is 254 g/mol. The molecule has 0 heterocycles. The number of hydrazone groups is 1. The van der Waals surface area contributed by atoms with Gasteiger partial charge in [-0.3, -0.25) is 5.43 Å². The Morgan fingerprint density at radius 3 is 2.39 bits per heavy atom. The summed E-state index contributed by atoms with van der Waals surface area (Å²) in [6.07, 6.45) is 1.53. The molecule has 0 spiro atoms. The number of benzene rings is 1. The van der Waals surface area contributed by atoms with Gasteiger partial charge >= 0.3 is 0 Å². The molecule has 7 heteroatoms. The Labute approximate surface area is 111 Å². The maximum Gasteiger partial charge on any atom is 0.203 e. The van der Waals surface area contributed by atoms with E-state index < -0.39 is 0 Å². The van der Waals surface area contributed by atoms with Crippen molar-refractivity contribution in [3.8, 4) is 17.2 Å². The highest BCUT2D eigenvalue weighted by atomic mass is 32.1. The molecule has 1 aromatic rings. The lowest BCUT2D eigenvalue weighted by molar-refractivity contribution is 0.324. The second-order valence-corrected chi connectivity index (χ2v) is 3.60. The minimum atomic E-state index is 0.0886. The number of nitrogens with zero attached hydrogens (tertiary/aromatic N) is 1. The first-order chi connectivity index (χ1) is 8.63. The first-order valence-electron chi connectivity index (χ1n) is 5.01. The van der Waals surface area contributed by atoms with Crippen LogP contribution in [-0.4, -0.2) is 32.7 Å². The maximum atomic E-state index is 5.28. The van der Waals surface area contributed by atoms with Gasteiger partial charge < -0.3 is 19.9 Å². The SMILES string of the molecule is COc1ccc(/C=N\NC(N)=S)c(OC)c1OC. The third-order valence-corrected chi connectivity index (χ3v) is 2.20. The average molecular weight is 269 g/mol. The van der Waals surface area contributed by atoms with E-state index in [-0.39, 0.29) is 5.11 Å². The van der Waals surface area contributed by atoms with Crippen LogP contribution in [0.2, 0.25) is 0 Å². The average Bonchev–Trinajstić information content (AvgIpc) is 2.37. The van der Waals surface area contributed by atoms with Crippen molar-refractivity contribution in [2.24, 2.45) is 10.8 Å². The van der Waals surface area contributed by atoms with Crippen molar-refractivity contribution in [2.75, 3.05) is 21.3 Å². The minimum Gasteiger partial charge on any atom is -0.493 e. The summed E-state index contributed by atoms with van der Waals surface area (Å²) >= 11 is 4.64. The predicted octanol–water partition coefficient (Wildman–Crippen LogP) is 0.880. The molecule has 0 saturated heterocycles. The molecule has 98 valence electrons. The number of rotatable bonds is 5. The van der Waals surface area contributed by atoms with Crippen LogP contribution in [0.5, 0.6) is 17.2 Å². The highest BCUT2D eigenvalue weighted by molar-refractivity contribution is 7.80. The summed E-state index contributed by atoms with van der Waals surface area (Å²) in [5.74, 6) is 1.60. The molecule has 0 fully saturated rings. The second-order valence-electron chi connectivity index (χ2n) is 3.16. The van der Waals surface area contributed by atoms with Crippen molar-refractivity contribution in [1.29, 1.82) is 0 Å². The number of methoxy groups -OCH3 is 3. The van der Waals surface area contributed by atoms with E-state index in [4.69, 9.17) is 19.9 Å². The summed E-state index contributed by atoms with van der Waals surface area (Å²) in [6, 6.07) is 3.54. The highest BCUT2D eigenvalue weighted by Gasteiger charge is 2.14. The van der Waals surface area contributed by atoms with Gasteiger partial charge in [-0.05, 0) is 24.4 Å². The summed E-state index contributed by atoms with van der Waals surface area (Å²) in [5, 5.41) is 3.95. The fourth-order valence-corrected chi connectivity index (χ4v) is 1.44. The Hall–Kier alpha value is -2.02. The fourth-order valence-electron chi connectivity index (χ4n) is 1.39. The standard InChI is InChI=1S/C11H15N3O3S/c1-15-8-5-4-7(6-13-14-11(12)18)9(16-2)10(8)17-3/h4-6H,1-3H3,(H3,12,14,18)/b13-6-. The monoisotopic (exact) mass is 269 g/mol. The smallest absolute Gasteiger partial charge is 0.203 e. The molecule has 1 rings (SSSR count). The van der Waals surface area contributed by atoms with Crippen molar-refractivity contribution >= 4 is 23.5 Å². The van der Waals surface area contributed by atoms with Gasteiger partial charge in [-0.25, -0.2) is 0 Å². The third-order valence-electron chi connectivity index (χ3n) is 2.11. The van der Waals surface area contributed by atoms with Gasteiger partial charge in [0.05, 0.1) is 27.5 Å². The number of nitrogens with one attached hydrogen (secondary N) is 1. The molecule has 0 unspecified atom stereocenters. The normalized spacial score (nSPS) is 10.2. The van der Waals surface area contributed by atoms with Gasteiger partial charge in [0.1, 0.15) is 0 Å². The molecule has 0 aliphatic rings. The Kier molecular flexibility index (Phi) is 5.19. The summed E-state index contributed by atoms with van der Waals surface area (Å²) in [5.41, 5.74) is 8.43. The van der Waals surface area contributed by atoms with Crippen LogP contribution in [0.15, 0.2) is 17.2 Å². The van der Waals surface area contributed by atoms with Crippen LogP contribution in [0.3, 0.4) is 0 Å². The molecule has 18 heavy (non-hydrogen) atoms.